The summed E-state index contributed by atoms with van der Waals surface area (Å²) < 4.78 is 49.5. The van der Waals surface area contributed by atoms with Crippen molar-refractivity contribution in [1.29, 1.82) is 0 Å². The lowest BCUT2D eigenvalue weighted by atomic mass is 10.0. The summed E-state index contributed by atoms with van der Waals surface area (Å²) in [6.07, 6.45) is -2.66. The number of carboxylic acid groups (broad SMARTS) is 1. The molecule has 52 heavy (non-hydrogen) atoms. The van der Waals surface area contributed by atoms with Crippen LogP contribution in [0.4, 0.5) is 44.7 Å². The molecule has 0 atom stereocenters. The first-order chi connectivity index (χ1) is 24.5. The number of carbonyl (C=O) groups excluding carboxylic acids is 2. The standard InChI is InChI=1S/C35H38ClF3N8O5/c1-34(2,3)52-33(51)47(32(49)50)30-28-24(18-46(23-8-9-23)29(28)40-19-41-30)20-6-10-27(26(36)15-20)43-31(48)42-22-7-5-21(25(16-22)35(37,38)39)17-45-13-11-44(4)12-14-45/h5-7,10,15-16,18-19,23H,8-9,11-14,17H2,1-4H3,(H,49,50)(H2,42,43,48). The molecule has 1 aliphatic heterocycles. The third kappa shape index (κ3) is 8.24. The van der Waals surface area contributed by atoms with Crippen molar-refractivity contribution in [3.63, 3.8) is 0 Å². The average Bonchev–Trinajstić information content (AvgIpc) is 3.82. The molecule has 4 amide bonds. The second kappa shape index (κ2) is 14.2. The Hall–Kier alpha value is -4.93. The fraction of sp³-hybridized carbons (Fsp3) is 0.400. The monoisotopic (exact) mass is 742 g/mol. The molecule has 0 spiro atoms. The first-order valence-corrected chi connectivity index (χ1v) is 17.0. The number of ether oxygens (including phenoxy) is 1. The van der Waals surface area contributed by atoms with Gasteiger partial charge >= 0.3 is 24.4 Å². The number of fused-ring (bicyclic) bond motifs is 1. The van der Waals surface area contributed by atoms with Crippen molar-refractivity contribution in [1.82, 2.24) is 24.3 Å². The molecule has 2 fully saturated rings. The third-order valence-corrected chi connectivity index (χ3v) is 9.01. The number of anilines is 3. The topological polar surface area (TPSA) is 145 Å². The highest BCUT2D eigenvalue weighted by atomic mass is 35.5. The molecule has 1 saturated carbocycles. The van der Waals surface area contributed by atoms with Gasteiger partial charge in [-0.2, -0.15) is 18.1 Å². The van der Waals surface area contributed by atoms with Crippen LogP contribution in [0.2, 0.25) is 5.02 Å². The molecule has 2 aliphatic rings. The van der Waals surface area contributed by atoms with Gasteiger partial charge in [-0.25, -0.2) is 24.4 Å². The van der Waals surface area contributed by atoms with Crippen LogP contribution in [-0.2, 0) is 17.5 Å². The van der Waals surface area contributed by atoms with Gasteiger partial charge < -0.3 is 29.9 Å². The molecular formula is C35H38ClF3N8O5. The van der Waals surface area contributed by atoms with Crippen LogP contribution in [0, 0.1) is 0 Å². The SMILES string of the molecule is CN1CCN(Cc2ccc(NC(=O)Nc3ccc(-c4cn(C5CC5)c5ncnc(N(C(=O)O)C(=O)OC(C)(C)C)c45)cc3Cl)cc2C(F)(F)F)CC1. The van der Waals surface area contributed by atoms with Crippen molar-refractivity contribution >= 4 is 58.0 Å². The number of benzene rings is 2. The van der Waals surface area contributed by atoms with Gasteiger partial charge in [0.2, 0.25) is 0 Å². The van der Waals surface area contributed by atoms with Crippen molar-refractivity contribution in [2.45, 2.75) is 58.0 Å². The predicted molar refractivity (Wildman–Crippen MR) is 190 cm³/mol. The van der Waals surface area contributed by atoms with E-state index in [-0.39, 0.29) is 45.8 Å². The number of halogens is 4. The van der Waals surface area contributed by atoms with Gasteiger partial charge in [-0.3, -0.25) is 4.90 Å². The zero-order chi connectivity index (χ0) is 37.5. The summed E-state index contributed by atoms with van der Waals surface area (Å²) in [6, 6.07) is 7.68. The van der Waals surface area contributed by atoms with Crippen LogP contribution >= 0.6 is 11.6 Å². The maximum absolute atomic E-state index is 14.1. The number of amides is 4. The molecule has 4 aromatic rings. The van der Waals surface area contributed by atoms with Crippen LogP contribution in [0.3, 0.4) is 0 Å². The highest BCUT2D eigenvalue weighted by Gasteiger charge is 2.36. The largest absolute Gasteiger partial charge is 0.464 e. The summed E-state index contributed by atoms with van der Waals surface area (Å²) in [6.45, 7) is 7.81. The van der Waals surface area contributed by atoms with E-state index in [1.54, 1.807) is 33.0 Å². The number of nitrogens with zero attached hydrogens (tertiary/aromatic N) is 6. The lowest BCUT2D eigenvalue weighted by molar-refractivity contribution is -0.138. The molecule has 2 aromatic heterocycles. The number of hydrogen-bond acceptors (Lipinski definition) is 8. The van der Waals surface area contributed by atoms with Crippen LogP contribution in [0.1, 0.15) is 50.8 Å². The fourth-order valence-corrected chi connectivity index (χ4v) is 6.25. The van der Waals surface area contributed by atoms with E-state index in [0.29, 0.717) is 34.8 Å². The summed E-state index contributed by atoms with van der Waals surface area (Å²) in [7, 11) is 1.97. The number of rotatable bonds is 7. The van der Waals surface area contributed by atoms with Gasteiger partial charge in [-0.05, 0) is 76.1 Å². The summed E-state index contributed by atoms with van der Waals surface area (Å²) in [5, 5.41) is 15.5. The Balaban J connectivity index is 1.25. The van der Waals surface area contributed by atoms with Crippen LogP contribution < -0.4 is 15.5 Å². The van der Waals surface area contributed by atoms with Gasteiger partial charge in [-0.15, -0.1) is 0 Å². The first kappa shape index (κ1) is 36.8. The van der Waals surface area contributed by atoms with E-state index in [9.17, 15) is 32.7 Å². The number of hydrogen-bond donors (Lipinski definition) is 3. The second-order valence-corrected chi connectivity index (χ2v) is 14.3. The highest BCUT2D eigenvalue weighted by Crippen LogP contribution is 2.44. The molecule has 1 saturated heterocycles. The number of likely N-dealkylation sites (N-methyl/N-ethyl adjacent to an activating group) is 1. The van der Waals surface area contributed by atoms with Gasteiger partial charge in [-0.1, -0.05) is 23.7 Å². The minimum Gasteiger partial charge on any atom is -0.464 e. The Morgan fingerprint density at radius 3 is 2.35 bits per heavy atom. The summed E-state index contributed by atoms with van der Waals surface area (Å²) in [5.74, 6) is -0.202. The first-order valence-electron chi connectivity index (χ1n) is 16.6. The summed E-state index contributed by atoms with van der Waals surface area (Å²) >= 11 is 6.63. The van der Waals surface area contributed by atoms with Crippen LogP contribution in [0.5, 0.6) is 0 Å². The summed E-state index contributed by atoms with van der Waals surface area (Å²) in [4.78, 5) is 51.6. The van der Waals surface area contributed by atoms with E-state index in [4.69, 9.17) is 16.3 Å². The Morgan fingerprint density at radius 2 is 1.73 bits per heavy atom. The molecule has 3 N–H and O–H groups in total. The maximum atomic E-state index is 14.1. The minimum atomic E-state index is -4.63. The van der Waals surface area contributed by atoms with Crippen LogP contribution in [0.15, 0.2) is 48.9 Å². The molecular weight excluding hydrogens is 705 g/mol. The lowest BCUT2D eigenvalue weighted by Gasteiger charge is -2.33. The van der Waals surface area contributed by atoms with Crippen molar-refractivity contribution in [2.24, 2.45) is 0 Å². The number of nitrogens with one attached hydrogen (secondary N) is 2. The number of urea groups is 1. The highest BCUT2D eigenvalue weighted by molar-refractivity contribution is 6.34. The van der Waals surface area contributed by atoms with Gasteiger partial charge in [0.25, 0.3) is 0 Å². The van der Waals surface area contributed by atoms with E-state index >= 15 is 0 Å². The molecule has 2 aromatic carbocycles. The Bertz CT molecular complexity index is 2020. The number of aromatic nitrogens is 3. The maximum Gasteiger partial charge on any atom is 0.425 e. The molecule has 1 aliphatic carbocycles. The van der Waals surface area contributed by atoms with Crippen LogP contribution in [-0.4, -0.2) is 86.5 Å². The molecule has 3 heterocycles. The molecule has 13 nitrogen and oxygen atoms in total. The molecule has 0 bridgehead atoms. The zero-order valence-electron chi connectivity index (χ0n) is 28.9. The van der Waals surface area contributed by atoms with Crippen molar-refractivity contribution in [2.75, 3.05) is 48.8 Å². The van der Waals surface area contributed by atoms with Gasteiger partial charge in [0, 0.05) is 56.2 Å². The fourth-order valence-electron chi connectivity index (χ4n) is 6.02. The number of piperazine rings is 1. The quantitative estimate of drug-likeness (QED) is 0.172. The number of alkyl halides is 3. The lowest BCUT2D eigenvalue weighted by Crippen LogP contribution is -2.44. The van der Waals surface area contributed by atoms with Crippen molar-refractivity contribution < 1.29 is 37.4 Å². The van der Waals surface area contributed by atoms with Gasteiger partial charge in [0.15, 0.2) is 5.82 Å². The number of imide groups is 1. The summed E-state index contributed by atoms with van der Waals surface area (Å²) in [5.41, 5.74) is -0.204. The molecule has 276 valence electrons. The Morgan fingerprint density at radius 1 is 1.02 bits per heavy atom. The minimum absolute atomic E-state index is 0.0481. The second-order valence-electron chi connectivity index (χ2n) is 13.9. The van der Waals surface area contributed by atoms with Gasteiger partial charge in [0.05, 0.1) is 21.7 Å². The normalized spacial score (nSPS) is 15.8. The van der Waals surface area contributed by atoms with E-state index in [1.807, 2.05) is 16.5 Å². The predicted octanol–water partition coefficient (Wildman–Crippen LogP) is 7.92. The average molecular weight is 743 g/mol. The molecule has 6 rings (SSSR count). The Labute approximate surface area is 302 Å². The van der Waals surface area contributed by atoms with Gasteiger partial charge in [0.1, 0.15) is 17.6 Å². The van der Waals surface area contributed by atoms with Crippen LogP contribution in [0.25, 0.3) is 22.2 Å². The van der Waals surface area contributed by atoms with E-state index in [1.165, 1.54) is 30.6 Å². The van der Waals surface area contributed by atoms with Crippen molar-refractivity contribution in [3.8, 4) is 11.1 Å². The third-order valence-electron chi connectivity index (χ3n) is 8.70. The van der Waals surface area contributed by atoms with E-state index in [0.717, 1.165) is 32.0 Å². The van der Waals surface area contributed by atoms with E-state index < -0.39 is 35.6 Å². The Kier molecular flexibility index (Phi) is 10.1. The smallest absolute Gasteiger partial charge is 0.425 e. The van der Waals surface area contributed by atoms with Crippen molar-refractivity contribution in [3.05, 3.63) is 65.1 Å². The number of carbonyl (C=O) groups is 3. The molecule has 0 unspecified atom stereocenters. The molecule has 0 radical (unpaired) electrons. The zero-order valence-corrected chi connectivity index (χ0v) is 29.7. The van der Waals surface area contributed by atoms with E-state index in [2.05, 4.69) is 25.5 Å². The molecule has 17 heteroatoms.